The second-order valence-electron chi connectivity index (χ2n) is 2.66. The lowest BCUT2D eigenvalue weighted by Gasteiger charge is -2.09. The minimum absolute atomic E-state index is 0.338. The summed E-state index contributed by atoms with van der Waals surface area (Å²) < 4.78 is 5.62. The number of carbonyl (C=O) groups excluding carboxylic acids is 1. The number of esters is 1. The average molecular weight is 310 g/mol. The highest BCUT2D eigenvalue weighted by Crippen LogP contribution is 2.33. The standard InChI is InChI=1S/C10H10BrClO2S/c1-3-14-10(13)8-6(12)4-5-7(15-2)9(8)11/h4-5H,3H2,1-2H3. The van der Waals surface area contributed by atoms with Crippen molar-refractivity contribution in [2.75, 3.05) is 12.9 Å². The third kappa shape index (κ3) is 2.89. The summed E-state index contributed by atoms with van der Waals surface area (Å²) in [6.07, 6.45) is 1.93. The average Bonchev–Trinajstić information content (AvgIpc) is 2.18. The molecular weight excluding hydrogens is 300 g/mol. The van der Waals surface area contributed by atoms with Gasteiger partial charge >= 0.3 is 5.97 Å². The summed E-state index contributed by atoms with van der Waals surface area (Å²) in [5.41, 5.74) is 0.394. The van der Waals surface area contributed by atoms with Gasteiger partial charge in [0, 0.05) is 9.37 Å². The first kappa shape index (κ1) is 12.9. The van der Waals surface area contributed by atoms with Crippen LogP contribution in [-0.2, 0) is 4.74 Å². The predicted octanol–water partition coefficient (Wildman–Crippen LogP) is 4.00. The Bertz CT molecular complexity index is 382. The van der Waals surface area contributed by atoms with E-state index in [9.17, 15) is 4.79 Å². The largest absolute Gasteiger partial charge is 0.462 e. The molecule has 1 rings (SSSR count). The van der Waals surface area contributed by atoms with Crippen LogP contribution in [0, 0.1) is 0 Å². The van der Waals surface area contributed by atoms with E-state index in [0.29, 0.717) is 21.7 Å². The lowest BCUT2D eigenvalue weighted by Crippen LogP contribution is -2.06. The summed E-state index contributed by atoms with van der Waals surface area (Å²) in [5.74, 6) is -0.398. The van der Waals surface area contributed by atoms with Crippen molar-refractivity contribution in [1.82, 2.24) is 0 Å². The van der Waals surface area contributed by atoms with Gasteiger partial charge in [-0.05, 0) is 41.2 Å². The van der Waals surface area contributed by atoms with Crippen LogP contribution in [0.2, 0.25) is 5.02 Å². The van der Waals surface area contributed by atoms with Crippen molar-refractivity contribution in [3.05, 3.63) is 27.2 Å². The maximum absolute atomic E-state index is 11.6. The maximum Gasteiger partial charge on any atom is 0.340 e. The zero-order valence-electron chi connectivity index (χ0n) is 8.34. The minimum Gasteiger partial charge on any atom is -0.462 e. The molecule has 15 heavy (non-hydrogen) atoms. The van der Waals surface area contributed by atoms with Crippen LogP contribution in [0.1, 0.15) is 17.3 Å². The third-order valence-corrected chi connectivity index (χ3v) is 3.94. The Morgan fingerprint density at radius 3 is 2.80 bits per heavy atom. The molecule has 0 saturated heterocycles. The molecule has 5 heteroatoms. The Morgan fingerprint density at radius 1 is 1.60 bits per heavy atom. The van der Waals surface area contributed by atoms with Crippen LogP contribution >= 0.6 is 39.3 Å². The fraction of sp³-hybridized carbons (Fsp3) is 0.300. The second kappa shape index (κ2) is 5.77. The van der Waals surface area contributed by atoms with Gasteiger partial charge in [-0.15, -0.1) is 11.8 Å². The van der Waals surface area contributed by atoms with Crippen molar-refractivity contribution < 1.29 is 9.53 Å². The number of carbonyl (C=O) groups is 1. The highest BCUT2D eigenvalue weighted by Gasteiger charge is 2.17. The van der Waals surface area contributed by atoms with Crippen LogP contribution in [0.15, 0.2) is 21.5 Å². The Hall–Kier alpha value is -0.190. The molecule has 0 aliphatic carbocycles. The molecule has 0 aromatic heterocycles. The molecular formula is C10H10BrClO2S. The number of rotatable bonds is 3. The molecule has 0 radical (unpaired) electrons. The summed E-state index contributed by atoms with van der Waals surface area (Å²) in [4.78, 5) is 12.6. The van der Waals surface area contributed by atoms with Crippen LogP contribution in [-0.4, -0.2) is 18.8 Å². The summed E-state index contributed by atoms with van der Waals surface area (Å²) in [6.45, 7) is 2.10. The quantitative estimate of drug-likeness (QED) is 0.623. The van der Waals surface area contributed by atoms with Crippen molar-refractivity contribution in [2.45, 2.75) is 11.8 Å². The van der Waals surface area contributed by atoms with Gasteiger partial charge in [0.1, 0.15) is 0 Å². The predicted molar refractivity (Wildman–Crippen MR) is 66.9 cm³/mol. The highest BCUT2D eigenvalue weighted by atomic mass is 79.9. The van der Waals surface area contributed by atoms with Crippen molar-refractivity contribution in [3.8, 4) is 0 Å². The molecule has 1 aromatic rings. The van der Waals surface area contributed by atoms with Crippen molar-refractivity contribution in [3.63, 3.8) is 0 Å². The van der Waals surface area contributed by atoms with Crippen LogP contribution in [0.4, 0.5) is 0 Å². The molecule has 82 valence electrons. The summed E-state index contributed by atoms with van der Waals surface area (Å²) in [6, 6.07) is 3.56. The fourth-order valence-corrected chi connectivity index (χ4v) is 2.91. The molecule has 0 amide bonds. The van der Waals surface area contributed by atoms with Gasteiger partial charge < -0.3 is 4.74 Å². The maximum atomic E-state index is 11.6. The number of ether oxygens (including phenoxy) is 1. The topological polar surface area (TPSA) is 26.3 Å². The Labute approximate surface area is 106 Å². The van der Waals surface area contributed by atoms with Crippen molar-refractivity contribution >= 4 is 45.3 Å². The van der Waals surface area contributed by atoms with E-state index in [4.69, 9.17) is 16.3 Å². The van der Waals surface area contributed by atoms with Gasteiger partial charge in [-0.25, -0.2) is 4.79 Å². The fourth-order valence-electron chi connectivity index (χ4n) is 1.08. The van der Waals surface area contributed by atoms with Gasteiger partial charge in [0.15, 0.2) is 0 Å². The lowest BCUT2D eigenvalue weighted by molar-refractivity contribution is 0.0525. The Balaban J connectivity index is 3.20. The molecule has 0 spiro atoms. The van der Waals surface area contributed by atoms with E-state index in [2.05, 4.69) is 15.9 Å². The van der Waals surface area contributed by atoms with Crippen LogP contribution in [0.25, 0.3) is 0 Å². The summed E-state index contributed by atoms with van der Waals surface area (Å²) in [7, 11) is 0. The highest BCUT2D eigenvalue weighted by molar-refractivity contribution is 9.10. The van der Waals surface area contributed by atoms with E-state index in [-0.39, 0.29) is 0 Å². The zero-order valence-corrected chi connectivity index (χ0v) is 11.5. The van der Waals surface area contributed by atoms with E-state index < -0.39 is 5.97 Å². The monoisotopic (exact) mass is 308 g/mol. The first-order valence-corrected chi connectivity index (χ1v) is 6.70. The van der Waals surface area contributed by atoms with Gasteiger partial charge in [-0.1, -0.05) is 11.6 Å². The van der Waals surface area contributed by atoms with Crippen molar-refractivity contribution in [2.24, 2.45) is 0 Å². The SMILES string of the molecule is CCOC(=O)c1c(Cl)ccc(SC)c1Br. The molecule has 0 unspecified atom stereocenters. The van der Waals surface area contributed by atoms with Crippen molar-refractivity contribution in [1.29, 1.82) is 0 Å². The van der Waals surface area contributed by atoms with Crippen LogP contribution in [0.5, 0.6) is 0 Å². The van der Waals surface area contributed by atoms with E-state index in [1.54, 1.807) is 24.8 Å². The number of thioether (sulfide) groups is 1. The second-order valence-corrected chi connectivity index (χ2v) is 4.71. The number of hydrogen-bond acceptors (Lipinski definition) is 3. The summed E-state index contributed by atoms with van der Waals surface area (Å²) >= 11 is 10.8. The van der Waals surface area contributed by atoms with Gasteiger partial charge in [0.05, 0.1) is 17.2 Å². The molecule has 0 saturated carbocycles. The van der Waals surface area contributed by atoms with Gasteiger partial charge in [0.2, 0.25) is 0 Å². The first-order chi connectivity index (χ1) is 7.11. The normalized spacial score (nSPS) is 10.1. The van der Waals surface area contributed by atoms with E-state index in [0.717, 1.165) is 4.90 Å². The first-order valence-electron chi connectivity index (χ1n) is 4.31. The molecule has 0 bridgehead atoms. The number of hydrogen-bond donors (Lipinski definition) is 0. The van der Waals surface area contributed by atoms with E-state index in [1.165, 1.54) is 0 Å². The van der Waals surface area contributed by atoms with Gasteiger partial charge in [0.25, 0.3) is 0 Å². The minimum atomic E-state index is -0.398. The Morgan fingerprint density at radius 2 is 2.27 bits per heavy atom. The van der Waals surface area contributed by atoms with Crippen LogP contribution < -0.4 is 0 Å². The molecule has 0 heterocycles. The molecule has 0 aliphatic heterocycles. The van der Waals surface area contributed by atoms with E-state index >= 15 is 0 Å². The van der Waals surface area contributed by atoms with E-state index in [1.807, 2.05) is 12.3 Å². The summed E-state index contributed by atoms with van der Waals surface area (Å²) in [5, 5.41) is 0.401. The smallest absolute Gasteiger partial charge is 0.340 e. The third-order valence-electron chi connectivity index (χ3n) is 1.76. The number of halogens is 2. The molecule has 1 aromatic carbocycles. The lowest BCUT2D eigenvalue weighted by atomic mass is 10.2. The van der Waals surface area contributed by atoms with Gasteiger partial charge in [-0.3, -0.25) is 0 Å². The molecule has 0 aliphatic rings. The molecule has 0 atom stereocenters. The van der Waals surface area contributed by atoms with Gasteiger partial charge in [-0.2, -0.15) is 0 Å². The Kier molecular flexibility index (Phi) is 4.96. The number of benzene rings is 1. The molecule has 0 N–H and O–H groups in total. The molecule has 2 nitrogen and oxygen atoms in total. The van der Waals surface area contributed by atoms with Crippen LogP contribution in [0.3, 0.4) is 0 Å². The molecule has 0 fully saturated rings. The zero-order chi connectivity index (χ0) is 11.4.